The van der Waals surface area contributed by atoms with Gasteiger partial charge < -0.3 is 4.57 Å². The Morgan fingerprint density at radius 1 is 1.29 bits per heavy atom. The van der Waals surface area contributed by atoms with E-state index in [1.807, 2.05) is 17.8 Å². The summed E-state index contributed by atoms with van der Waals surface area (Å²) in [5, 5.41) is 3.80. The lowest BCUT2D eigenvalue weighted by molar-refractivity contribution is -0.144. The second-order valence-corrected chi connectivity index (χ2v) is 6.54. The molecule has 0 saturated carbocycles. The molecule has 8 heteroatoms. The van der Waals surface area contributed by atoms with E-state index in [4.69, 9.17) is 0 Å². The van der Waals surface area contributed by atoms with Gasteiger partial charge in [-0.15, -0.1) is 0 Å². The van der Waals surface area contributed by atoms with Gasteiger partial charge in [0.2, 0.25) is 0 Å². The van der Waals surface area contributed by atoms with Gasteiger partial charge in [0.15, 0.2) is 0 Å². The predicted molar refractivity (Wildman–Crippen MR) is 83.1 cm³/mol. The lowest BCUT2D eigenvalue weighted by Gasteiger charge is -2.32. The van der Waals surface area contributed by atoms with Crippen molar-refractivity contribution in [3.8, 4) is 0 Å². The van der Waals surface area contributed by atoms with Crippen LogP contribution in [0.15, 0.2) is 18.6 Å². The molecular formula is C16H22F3N5. The molecule has 1 aliphatic heterocycles. The summed E-state index contributed by atoms with van der Waals surface area (Å²) in [6.07, 6.45) is 3.61. The van der Waals surface area contributed by atoms with Gasteiger partial charge in [0.05, 0.1) is 6.20 Å². The van der Waals surface area contributed by atoms with Crippen molar-refractivity contribution in [2.75, 3.05) is 13.1 Å². The van der Waals surface area contributed by atoms with Crippen molar-refractivity contribution >= 4 is 0 Å². The molecule has 3 heterocycles. The summed E-state index contributed by atoms with van der Waals surface area (Å²) in [7, 11) is 3.31. The molecule has 1 atom stereocenters. The van der Waals surface area contributed by atoms with E-state index in [2.05, 4.69) is 15.0 Å². The molecule has 0 aliphatic carbocycles. The molecule has 0 bridgehead atoms. The summed E-state index contributed by atoms with van der Waals surface area (Å²) in [6.45, 7) is 1.90. The van der Waals surface area contributed by atoms with Crippen LogP contribution in [0.4, 0.5) is 13.2 Å². The second-order valence-electron chi connectivity index (χ2n) is 6.54. The van der Waals surface area contributed by atoms with Crippen LogP contribution in [0.25, 0.3) is 0 Å². The van der Waals surface area contributed by atoms with Crippen molar-refractivity contribution in [1.29, 1.82) is 0 Å². The molecule has 5 nitrogen and oxygen atoms in total. The SMILES string of the molecule is Cn1ccnc1CC1CCCN(Cc2cnn(C)c2C(F)(F)F)C1. The van der Waals surface area contributed by atoms with Gasteiger partial charge in [-0.3, -0.25) is 9.58 Å². The summed E-state index contributed by atoms with van der Waals surface area (Å²) in [4.78, 5) is 6.45. The highest BCUT2D eigenvalue weighted by Gasteiger charge is 2.37. The maximum atomic E-state index is 13.2. The third kappa shape index (κ3) is 3.63. The van der Waals surface area contributed by atoms with E-state index >= 15 is 0 Å². The number of aryl methyl sites for hydroxylation is 2. The maximum absolute atomic E-state index is 13.2. The van der Waals surface area contributed by atoms with E-state index in [1.54, 1.807) is 6.20 Å². The van der Waals surface area contributed by atoms with Crippen LogP contribution in [0.5, 0.6) is 0 Å². The van der Waals surface area contributed by atoms with Gasteiger partial charge in [-0.05, 0) is 25.3 Å². The number of alkyl halides is 3. The van der Waals surface area contributed by atoms with Crippen LogP contribution in [0, 0.1) is 5.92 Å². The molecule has 1 aliphatic rings. The van der Waals surface area contributed by atoms with E-state index in [-0.39, 0.29) is 5.56 Å². The average Bonchev–Trinajstić information content (AvgIpc) is 3.05. The van der Waals surface area contributed by atoms with Gasteiger partial charge in [0.25, 0.3) is 0 Å². The number of nitrogens with zero attached hydrogens (tertiary/aromatic N) is 5. The number of hydrogen-bond acceptors (Lipinski definition) is 3. The first-order valence-electron chi connectivity index (χ1n) is 8.11. The Labute approximate surface area is 139 Å². The van der Waals surface area contributed by atoms with Gasteiger partial charge in [0, 0.05) is 51.6 Å². The molecule has 0 amide bonds. The third-order valence-corrected chi connectivity index (χ3v) is 4.67. The first-order valence-corrected chi connectivity index (χ1v) is 8.11. The van der Waals surface area contributed by atoms with Gasteiger partial charge in [-0.25, -0.2) is 4.98 Å². The molecule has 1 unspecified atom stereocenters. The first-order chi connectivity index (χ1) is 11.3. The largest absolute Gasteiger partial charge is 0.433 e. The average molecular weight is 341 g/mol. The minimum absolute atomic E-state index is 0.252. The van der Waals surface area contributed by atoms with E-state index in [0.717, 1.165) is 42.9 Å². The molecule has 3 rings (SSSR count). The zero-order valence-corrected chi connectivity index (χ0v) is 13.9. The molecule has 1 fully saturated rings. The van der Waals surface area contributed by atoms with E-state index in [9.17, 15) is 13.2 Å². The van der Waals surface area contributed by atoms with Crippen molar-refractivity contribution in [3.05, 3.63) is 35.7 Å². The molecule has 24 heavy (non-hydrogen) atoms. The van der Waals surface area contributed by atoms with Crippen LogP contribution >= 0.6 is 0 Å². The number of halogens is 3. The quantitative estimate of drug-likeness (QED) is 0.858. The summed E-state index contributed by atoms with van der Waals surface area (Å²) in [6, 6.07) is 0. The number of hydrogen-bond donors (Lipinski definition) is 0. The molecule has 0 spiro atoms. The zero-order chi connectivity index (χ0) is 17.3. The van der Waals surface area contributed by atoms with Gasteiger partial charge in [-0.2, -0.15) is 18.3 Å². The Morgan fingerprint density at radius 2 is 2.08 bits per heavy atom. The van der Waals surface area contributed by atoms with Gasteiger partial charge in [-0.1, -0.05) is 0 Å². The van der Waals surface area contributed by atoms with E-state index < -0.39 is 11.9 Å². The Morgan fingerprint density at radius 3 is 2.75 bits per heavy atom. The van der Waals surface area contributed by atoms with Crippen molar-refractivity contribution in [3.63, 3.8) is 0 Å². The fraction of sp³-hybridized carbons (Fsp3) is 0.625. The Balaban J connectivity index is 1.67. The lowest BCUT2D eigenvalue weighted by atomic mass is 9.94. The van der Waals surface area contributed by atoms with Crippen LogP contribution in [0.3, 0.4) is 0 Å². The topological polar surface area (TPSA) is 38.9 Å². The van der Waals surface area contributed by atoms with Crippen LogP contribution in [-0.2, 0) is 33.2 Å². The Kier molecular flexibility index (Phi) is 4.67. The van der Waals surface area contributed by atoms with E-state index in [0.29, 0.717) is 12.5 Å². The fourth-order valence-electron chi connectivity index (χ4n) is 3.52. The molecule has 2 aromatic rings. The Hall–Kier alpha value is -1.83. The molecule has 132 valence electrons. The number of piperidine rings is 1. The molecular weight excluding hydrogens is 319 g/mol. The minimum atomic E-state index is -4.37. The van der Waals surface area contributed by atoms with Crippen LogP contribution < -0.4 is 0 Å². The molecule has 0 N–H and O–H groups in total. The first kappa shape index (κ1) is 17.0. The predicted octanol–water partition coefficient (Wildman–Crippen LogP) is 2.63. The summed E-state index contributed by atoms with van der Waals surface area (Å²) >= 11 is 0. The monoisotopic (exact) mass is 341 g/mol. The van der Waals surface area contributed by atoms with Crippen molar-refractivity contribution < 1.29 is 13.2 Å². The number of likely N-dealkylation sites (tertiary alicyclic amines) is 1. The molecule has 2 aromatic heterocycles. The standard InChI is InChI=1S/C16H22F3N5/c1-22-7-5-20-14(22)8-12-4-3-6-24(10-12)11-13-9-21-23(2)15(13)16(17,18)19/h5,7,9,12H,3-4,6,8,10-11H2,1-2H3. The van der Waals surface area contributed by atoms with Gasteiger partial charge in [0.1, 0.15) is 11.5 Å². The van der Waals surface area contributed by atoms with E-state index in [1.165, 1.54) is 13.2 Å². The highest BCUT2D eigenvalue weighted by molar-refractivity contribution is 5.20. The number of aromatic nitrogens is 4. The molecule has 0 aromatic carbocycles. The minimum Gasteiger partial charge on any atom is -0.338 e. The highest BCUT2D eigenvalue weighted by Crippen LogP contribution is 2.32. The summed E-state index contributed by atoms with van der Waals surface area (Å²) in [5.74, 6) is 1.45. The Bertz CT molecular complexity index is 688. The summed E-state index contributed by atoms with van der Waals surface area (Å²) in [5.41, 5.74) is -0.392. The van der Waals surface area contributed by atoms with Gasteiger partial charge >= 0.3 is 6.18 Å². The number of imidazole rings is 1. The van der Waals surface area contributed by atoms with Crippen molar-refractivity contribution in [2.45, 2.75) is 32.0 Å². The third-order valence-electron chi connectivity index (χ3n) is 4.67. The fourth-order valence-corrected chi connectivity index (χ4v) is 3.52. The zero-order valence-electron chi connectivity index (χ0n) is 13.9. The second kappa shape index (κ2) is 6.58. The van der Waals surface area contributed by atoms with Crippen LogP contribution in [0.2, 0.25) is 0 Å². The smallest absolute Gasteiger partial charge is 0.338 e. The van der Waals surface area contributed by atoms with Crippen LogP contribution in [-0.4, -0.2) is 37.3 Å². The molecule has 1 saturated heterocycles. The van der Waals surface area contributed by atoms with Crippen LogP contribution in [0.1, 0.15) is 29.9 Å². The highest BCUT2D eigenvalue weighted by atomic mass is 19.4. The number of rotatable bonds is 4. The normalized spacial score (nSPS) is 19.8. The van der Waals surface area contributed by atoms with Crippen molar-refractivity contribution in [2.24, 2.45) is 20.0 Å². The molecule has 0 radical (unpaired) electrons. The lowest BCUT2D eigenvalue weighted by Crippen LogP contribution is -2.36. The summed E-state index contributed by atoms with van der Waals surface area (Å²) < 4.78 is 42.5. The maximum Gasteiger partial charge on any atom is 0.433 e. The van der Waals surface area contributed by atoms with Crippen molar-refractivity contribution in [1.82, 2.24) is 24.2 Å².